The second kappa shape index (κ2) is 19.2. The minimum atomic E-state index is -2.36. The predicted octanol–water partition coefficient (Wildman–Crippen LogP) is 3.01. The minimum Gasteiger partial charge on any atom is -0.396 e. The van der Waals surface area contributed by atoms with Crippen molar-refractivity contribution in [3.63, 3.8) is 0 Å². The minimum absolute atomic E-state index is 0.0487. The maximum Gasteiger partial charge on any atom is 0.253 e. The van der Waals surface area contributed by atoms with Crippen molar-refractivity contribution >= 4 is 41.8 Å². The molecule has 4 rings (SSSR count). The van der Waals surface area contributed by atoms with Gasteiger partial charge >= 0.3 is 0 Å². The fraction of sp³-hybridized carbons (Fsp3) is 0.500. The van der Waals surface area contributed by atoms with Crippen LogP contribution in [0.15, 0.2) is 66.4 Å². The standard InChI is InChI=1S/C40H54N6O6/c1-28(48)46(40(27-47,26-31-18-9-4-10-19-31)36(49)33(43)24-29-14-5-2-6-15-29)39(52)34(25-30-16-7-3-8-17-30)44-37(50)35-21-13-23-45(35)38(51)32(42)20-11-12-22-41/h2,4-6,9-10,14-15,18-19,24,27,30,32,34-35H,3,7-8,11-13,16-17,20-23,25-26,41-43H2,1H3,(H,44,50)/b33-24-/t32-,34+,35-,40-/m0/s1. The van der Waals surface area contributed by atoms with Crippen LogP contribution in [0.5, 0.6) is 0 Å². The Labute approximate surface area is 306 Å². The molecule has 52 heavy (non-hydrogen) atoms. The normalized spacial score (nSPS) is 18.9. The highest BCUT2D eigenvalue weighted by atomic mass is 16.2. The molecule has 0 radical (unpaired) electrons. The molecular formula is C40H54N6O6. The predicted molar refractivity (Wildman–Crippen MR) is 199 cm³/mol. The van der Waals surface area contributed by atoms with Crippen LogP contribution in [0.3, 0.4) is 0 Å². The Kier molecular flexibility index (Phi) is 14.8. The molecule has 0 aromatic heterocycles. The fourth-order valence-corrected chi connectivity index (χ4v) is 7.54. The Hall–Kier alpha value is -4.68. The highest BCUT2D eigenvalue weighted by Gasteiger charge is 2.51. The summed E-state index contributed by atoms with van der Waals surface area (Å²) < 4.78 is 0. The van der Waals surface area contributed by atoms with E-state index in [2.05, 4.69) is 5.32 Å². The molecular weight excluding hydrogens is 660 g/mol. The average Bonchev–Trinajstić information content (AvgIpc) is 3.65. The second-order valence-electron chi connectivity index (χ2n) is 14.1. The number of nitrogens with zero attached hydrogens (tertiary/aromatic N) is 2. The summed E-state index contributed by atoms with van der Waals surface area (Å²) in [6.45, 7) is 1.95. The van der Waals surface area contributed by atoms with Crippen LogP contribution in [0.4, 0.5) is 0 Å². The first kappa shape index (κ1) is 40.1. The lowest BCUT2D eigenvalue weighted by Crippen LogP contribution is -2.66. The number of aldehydes is 1. The number of hydrogen-bond donors (Lipinski definition) is 4. The van der Waals surface area contributed by atoms with E-state index in [4.69, 9.17) is 17.2 Å². The number of nitrogens with one attached hydrogen (secondary N) is 1. The van der Waals surface area contributed by atoms with Gasteiger partial charge in [-0.2, -0.15) is 0 Å². The van der Waals surface area contributed by atoms with Crippen molar-refractivity contribution in [2.24, 2.45) is 23.1 Å². The van der Waals surface area contributed by atoms with Gasteiger partial charge in [0.2, 0.25) is 23.5 Å². The van der Waals surface area contributed by atoms with Gasteiger partial charge in [-0.3, -0.25) is 28.9 Å². The average molecular weight is 715 g/mol. The lowest BCUT2D eigenvalue weighted by Gasteiger charge is -2.40. The molecule has 2 aromatic carbocycles. The maximum absolute atomic E-state index is 14.9. The first-order valence-corrected chi connectivity index (χ1v) is 18.5. The third-order valence-electron chi connectivity index (χ3n) is 10.3. The van der Waals surface area contributed by atoms with Gasteiger partial charge in [0.25, 0.3) is 5.91 Å². The second-order valence-corrected chi connectivity index (χ2v) is 14.1. The zero-order chi connectivity index (χ0) is 37.7. The lowest BCUT2D eigenvalue weighted by molar-refractivity contribution is -0.160. The number of likely N-dealkylation sites (tertiary alicyclic amines) is 1. The topological polar surface area (TPSA) is 199 Å². The highest BCUT2D eigenvalue weighted by Crippen LogP contribution is 2.31. The summed E-state index contributed by atoms with van der Waals surface area (Å²) >= 11 is 0. The highest BCUT2D eigenvalue weighted by molar-refractivity contribution is 6.19. The molecule has 1 aliphatic heterocycles. The number of nitrogens with two attached hydrogens (primary N) is 3. The summed E-state index contributed by atoms with van der Waals surface area (Å²) in [6, 6.07) is 14.5. The molecule has 1 heterocycles. The van der Waals surface area contributed by atoms with E-state index in [-0.39, 0.29) is 30.4 Å². The van der Waals surface area contributed by atoms with Crippen LogP contribution in [-0.2, 0) is 35.2 Å². The van der Waals surface area contributed by atoms with Crippen LogP contribution in [0.25, 0.3) is 6.08 Å². The molecule has 0 spiro atoms. The van der Waals surface area contributed by atoms with E-state index in [0.29, 0.717) is 61.1 Å². The van der Waals surface area contributed by atoms with Crippen LogP contribution >= 0.6 is 0 Å². The largest absolute Gasteiger partial charge is 0.396 e. The number of Topliss-reactive ketones (excluding diaryl/α,β-unsaturated/α-hetero) is 1. The van der Waals surface area contributed by atoms with Crippen LogP contribution < -0.4 is 22.5 Å². The molecule has 1 saturated heterocycles. The van der Waals surface area contributed by atoms with E-state index in [1.54, 1.807) is 60.7 Å². The van der Waals surface area contributed by atoms with E-state index in [9.17, 15) is 28.8 Å². The van der Waals surface area contributed by atoms with E-state index in [1.807, 2.05) is 0 Å². The van der Waals surface area contributed by atoms with Crippen molar-refractivity contribution in [3.8, 4) is 0 Å². The SMILES string of the molecule is CC(=O)N(C(=O)[C@@H](CC1CCCCC1)NC(=O)[C@@H]1CCCN1C(=O)[C@@H](N)CCCCN)[C@](C=O)(Cc1ccccc1)C(=O)/C(N)=C/c1ccccc1. The Morgan fingerprint density at radius 3 is 2.21 bits per heavy atom. The van der Waals surface area contributed by atoms with E-state index in [1.165, 1.54) is 11.0 Å². The molecule has 2 aliphatic rings. The van der Waals surface area contributed by atoms with Gasteiger partial charge in [-0.1, -0.05) is 99.2 Å². The quantitative estimate of drug-likeness (QED) is 0.0823. The van der Waals surface area contributed by atoms with Gasteiger partial charge in [0.1, 0.15) is 12.1 Å². The number of amides is 4. The summed E-state index contributed by atoms with van der Waals surface area (Å²) in [5.74, 6) is -3.50. The molecule has 0 unspecified atom stereocenters. The van der Waals surface area contributed by atoms with Gasteiger partial charge in [-0.15, -0.1) is 0 Å². The Morgan fingerprint density at radius 2 is 1.60 bits per heavy atom. The molecule has 0 bridgehead atoms. The molecule has 1 aliphatic carbocycles. The van der Waals surface area contributed by atoms with Crippen molar-refractivity contribution in [2.45, 2.75) is 108 Å². The molecule has 7 N–H and O–H groups in total. The molecule has 4 amide bonds. The van der Waals surface area contributed by atoms with Gasteiger partial charge in [-0.25, -0.2) is 0 Å². The van der Waals surface area contributed by atoms with Crippen LogP contribution in [0.1, 0.15) is 88.7 Å². The molecule has 12 nitrogen and oxygen atoms in total. The number of ketones is 1. The van der Waals surface area contributed by atoms with Gasteiger partial charge in [0, 0.05) is 19.9 Å². The summed E-state index contributed by atoms with van der Waals surface area (Å²) in [5, 5.41) is 2.88. The van der Waals surface area contributed by atoms with Crippen LogP contribution in [0, 0.1) is 5.92 Å². The maximum atomic E-state index is 14.9. The number of carbonyl (C=O) groups is 6. The van der Waals surface area contributed by atoms with Crippen molar-refractivity contribution < 1.29 is 28.8 Å². The van der Waals surface area contributed by atoms with Crippen molar-refractivity contribution in [3.05, 3.63) is 77.5 Å². The van der Waals surface area contributed by atoms with Crippen LogP contribution in [-0.4, -0.2) is 82.3 Å². The van der Waals surface area contributed by atoms with Crippen LogP contribution in [0.2, 0.25) is 0 Å². The first-order chi connectivity index (χ1) is 25.0. The number of rotatable bonds is 17. The fourth-order valence-electron chi connectivity index (χ4n) is 7.54. The first-order valence-electron chi connectivity index (χ1n) is 18.5. The zero-order valence-corrected chi connectivity index (χ0v) is 30.2. The zero-order valence-electron chi connectivity index (χ0n) is 30.2. The molecule has 2 fully saturated rings. The number of carbonyl (C=O) groups excluding carboxylic acids is 6. The van der Waals surface area contributed by atoms with Crippen molar-refractivity contribution in [1.82, 2.24) is 15.1 Å². The number of unbranched alkanes of at least 4 members (excludes halogenated alkanes) is 1. The van der Waals surface area contributed by atoms with Gasteiger partial charge in [0.15, 0.2) is 11.8 Å². The summed E-state index contributed by atoms with van der Waals surface area (Å²) in [7, 11) is 0. The summed E-state index contributed by atoms with van der Waals surface area (Å²) in [4.78, 5) is 86.0. The van der Waals surface area contributed by atoms with E-state index < -0.39 is 47.2 Å². The number of imide groups is 1. The third kappa shape index (κ3) is 10.0. The van der Waals surface area contributed by atoms with E-state index >= 15 is 0 Å². The lowest BCUT2D eigenvalue weighted by atomic mass is 9.81. The molecule has 280 valence electrons. The van der Waals surface area contributed by atoms with Gasteiger partial charge < -0.3 is 32.2 Å². The Morgan fingerprint density at radius 1 is 0.942 bits per heavy atom. The summed E-state index contributed by atoms with van der Waals surface area (Å²) in [5.41, 5.74) is 16.6. The number of hydrogen-bond acceptors (Lipinski definition) is 9. The van der Waals surface area contributed by atoms with Crippen molar-refractivity contribution in [2.75, 3.05) is 13.1 Å². The summed E-state index contributed by atoms with van der Waals surface area (Å²) in [6.07, 6.45) is 8.97. The third-order valence-corrected chi connectivity index (χ3v) is 10.3. The molecule has 4 atom stereocenters. The Bertz CT molecular complexity index is 1580. The van der Waals surface area contributed by atoms with Gasteiger partial charge in [-0.05, 0) is 61.8 Å². The number of benzene rings is 2. The monoisotopic (exact) mass is 714 g/mol. The Balaban J connectivity index is 1.72. The van der Waals surface area contributed by atoms with Crippen molar-refractivity contribution in [1.29, 1.82) is 0 Å². The van der Waals surface area contributed by atoms with E-state index in [0.717, 1.165) is 45.4 Å². The smallest absolute Gasteiger partial charge is 0.253 e. The molecule has 12 heteroatoms. The molecule has 1 saturated carbocycles. The molecule has 2 aromatic rings. The van der Waals surface area contributed by atoms with Gasteiger partial charge in [0.05, 0.1) is 11.7 Å².